The molecule has 6 heteroatoms. The maximum Gasteiger partial charge on any atom is 0.204 e. The van der Waals surface area contributed by atoms with Crippen molar-refractivity contribution in [3.05, 3.63) is 18.5 Å². The normalized spacial score (nSPS) is 10.4. The van der Waals surface area contributed by atoms with Crippen LogP contribution in [0.15, 0.2) is 18.5 Å². The summed E-state index contributed by atoms with van der Waals surface area (Å²) in [6.45, 7) is 2.95. The van der Waals surface area contributed by atoms with E-state index in [2.05, 4.69) is 17.1 Å². The lowest BCUT2D eigenvalue weighted by molar-refractivity contribution is 0.325. The molecule has 0 aliphatic rings. The highest BCUT2D eigenvalue weighted by Crippen LogP contribution is 2.43. The average molecular weight is 277 g/mol. The number of ether oxygens (including phenoxy) is 3. The molecule has 0 saturated heterocycles. The summed E-state index contributed by atoms with van der Waals surface area (Å²) in [6, 6.07) is 3.73. The molecule has 1 aromatic heterocycles. The van der Waals surface area contributed by atoms with Gasteiger partial charge in [0.2, 0.25) is 5.75 Å². The second-order valence-corrected chi connectivity index (χ2v) is 4.23. The van der Waals surface area contributed by atoms with E-state index in [4.69, 9.17) is 14.2 Å². The quantitative estimate of drug-likeness (QED) is 0.811. The molecule has 0 aliphatic heterocycles. The molecule has 0 amide bonds. The standard InChI is InChI=1S/C14H19N3O3/c1-5-8-17-9-15-16-14(17)10-6-7-11(18-2)13(20-4)12(10)19-3/h6-7,9H,5,8H2,1-4H3. The van der Waals surface area contributed by atoms with E-state index in [0.29, 0.717) is 17.2 Å². The maximum absolute atomic E-state index is 5.48. The van der Waals surface area contributed by atoms with Crippen molar-refractivity contribution in [3.63, 3.8) is 0 Å². The maximum atomic E-state index is 5.48. The van der Waals surface area contributed by atoms with Crippen molar-refractivity contribution in [3.8, 4) is 28.6 Å². The molecular weight excluding hydrogens is 258 g/mol. The Bertz CT molecular complexity index is 581. The fourth-order valence-electron chi connectivity index (χ4n) is 2.15. The highest BCUT2D eigenvalue weighted by molar-refractivity contribution is 5.72. The SMILES string of the molecule is CCCn1cnnc1-c1ccc(OC)c(OC)c1OC. The Morgan fingerprint density at radius 1 is 1.05 bits per heavy atom. The van der Waals surface area contributed by atoms with Crippen LogP contribution in [-0.2, 0) is 6.54 Å². The summed E-state index contributed by atoms with van der Waals surface area (Å²) in [4.78, 5) is 0. The number of aromatic nitrogens is 3. The van der Waals surface area contributed by atoms with Crippen molar-refractivity contribution in [2.45, 2.75) is 19.9 Å². The van der Waals surface area contributed by atoms with E-state index in [0.717, 1.165) is 24.4 Å². The Morgan fingerprint density at radius 3 is 2.40 bits per heavy atom. The molecule has 20 heavy (non-hydrogen) atoms. The average Bonchev–Trinajstić information content (AvgIpc) is 2.93. The van der Waals surface area contributed by atoms with Gasteiger partial charge in [-0.25, -0.2) is 0 Å². The van der Waals surface area contributed by atoms with Gasteiger partial charge in [-0.1, -0.05) is 6.92 Å². The van der Waals surface area contributed by atoms with E-state index >= 15 is 0 Å². The molecule has 2 aromatic rings. The van der Waals surface area contributed by atoms with Gasteiger partial charge < -0.3 is 18.8 Å². The van der Waals surface area contributed by atoms with E-state index in [1.165, 1.54) is 0 Å². The van der Waals surface area contributed by atoms with Gasteiger partial charge in [0, 0.05) is 6.54 Å². The monoisotopic (exact) mass is 277 g/mol. The lowest BCUT2D eigenvalue weighted by Gasteiger charge is -2.15. The first-order valence-corrected chi connectivity index (χ1v) is 6.43. The van der Waals surface area contributed by atoms with Crippen molar-refractivity contribution < 1.29 is 14.2 Å². The number of hydrogen-bond acceptors (Lipinski definition) is 5. The summed E-state index contributed by atoms with van der Waals surface area (Å²) in [5.74, 6) is 2.52. The summed E-state index contributed by atoms with van der Waals surface area (Å²) in [5, 5.41) is 8.16. The fourth-order valence-corrected chi connectivity index (χ4v) is 2.15. The molecule has 2 rings (SSSR count). The topological polar surface area (TPSA) is 58.4 Å². The van der Waals surface area contributed by atoms with Crippen molar-refractivity contribution in [2.24, 2.45) is 0 Å². The van der Waals surface area contributed by atoms with Gasteiger partial charge in [-0.2, -0.15) is 0 Å². The summed E-state index contributed by atoms with van der Waals surface area (Å²) in [7, 11) is 4.78. The minimum atomic E-state index is 0.554. The number of rotatable bonds is 6. The van der Waals surface area contributed by atoms with Gasteiger partial charge in [-0.15, -0.1) is 10.2 Å². The van der Waals surface area contributed by atoms with Crippen LogP contribution >= 0.6 is 0 Å². The van der Waals surface area contributed by atoms with Crippen molar-refractivity contribution >= 4 is 0 Å². The number of aryl methyl sites for hydroxylation is 1. The summed E-state index contributed by atoms with van der Waals surface area (Å²) in [6.07, 6.45) is 2.72. The first kappa shape index (κ1) is 14.2. The Hall–Kier alpha value is -2.24. The van der Waals surface area contributed by atoms with Crippen LogP contribution in [0, 0.1) is 0 Å². The van der Waals surface area contributed by atoms with E-state index < -0.39 is 0 Å². The molecule has 1 heterocycles. The molecule has 0 radical (unpaired) electrons. The van der Waals surface area contributed by atoms with Crippen LogP contribution in [0.3, 0.4) is 0 Å². The van der Waals surface area contributed by atoms with Crippen LogP contribution in [0.1, 0.15) is 13.3 Å². The lowest BCUT2D eigenvalue weighted by atomic mass is 10.1. The largest absolute Gasteiger partial charge is 0.493 e. The number of benzene rings is 1. The van der Waals surface area contributed by atoms with Crippen molar-refractivity contribution in [2.75, 3.05) is 21.3 Å². The number of hydrogen-bond donors (Lipinski definition) is 0. The highest BCUT2D eigenvalue weighted by atomic mass is 16.5. The van der Waals surface area contributed by atoms with Gasteiger partial charge in [0.25, 0.3) is 0 Å². The number of nitrogens with zero attached hydrogens (tertiary/aromatic N) is 3. The molecule has 0 atom stereocenters. The zero-order valence-electron chi connectivity index (χ0n) is 12.2. The first-order chi connectivity index (χ1) is 9.76. The number of methoxy groups -OCH3 is 3. The molecule has 1 aromatic carbocycles. The van der Waals surface area contributed by atoms with Crippen LogP contribution in [0.2, 0.25) is 0 Å². The van der Waals surface area contributed by atoms with Gasteiger partial charge in [0.05, 0.1) is 26.9 Å². The van der Waals surface area contributed by atoms with Crippen LogP contribution in [-0.4, -0.2) is 36.1 Å². The second kappa shape index (κ2) is 6.27. The van der Waals surface area contributed by atoms with Crippen molar-refractivity contribution in [1.82, 2.24) is 14.8 Å². The minimum absolute atomic E-state index is 0.554. The minimum Gasteiger partial charge on any atom is -0.493 e. The molecule has 0 aliphatic carbocycles. The Balaban J connectivity index is 2.59. The fraction of sp³-hybridized carbons (Fsp3) is 0.429. The summed E-state index contributed by atoms with van der Waals surface area (Å²) < 4.78 is 18.1. The van der Waals surface area contributed by atoms with Crippen molar-refractivity contribution in [1.29, 1.82) is 0 Å². The third kappa shape index (κ3) is 2.41. The third-order valence-electron chi connectivity index (χ3n) is 3.03. The molecule has 0 bridgehead atoms. The molecule has 0 unspecified atom stereocenters. The van der Waals surface area contributed by atoms with Gasteiger partial charge in [0.15, 0.2) is 17.3 Å². The van der Waals surface area contributed by atoms with Crippen LogP contribution < -0.4 is 14.2 Å². The van der Waals surface area contributed by atoms with Gasteiger partial charge >= 0.3 is 0 Å². The van der Waals surface area contributed by atoms with Crippen LogP contribution in [0.25, 0.3) is 11.4 Å². The smallest absolute Gasteiger partial charge is 0.204 e. The molecule has 0 N–H and O–H groups in total. The van der Waals surface area contributed by atoms with E-state index in [-0.39, 0.29) is 0 Å². The Morgan fingerprint density at radius 2 is 1.80 bits per heavy atom. The Kier molecular flexibility index (Phi) is 4.45. The lowest BCUT2D eigenvalue weighted by Crippen LogP contribution is -2.02. The predicted octanol–water partition coefficient (Wildman–Crippen LogP) is 2.38. The molecular formula is C14H19N3O3. The third-order valence-corrected chi connectivity index (χ3v) is 3.03. The van der Waals surface area contributed by atoms with E-state index in [9.17, 15) is 0 Å². The zero-order valence-corrected chi connectivity index (χ0v) is 12.2. The molecule has 6 nitrogen and oxygen atoms in total. The van der Waals surface area contributed by atoms with E-state index in [1.54, 1.807) is 27.7 Å². The summed E-state index contributed by atoms with van der Waals surface area (Å²) in [5.41, 5.74) is 0.830. The van der Waals surface area contributed by atoms with E-state index in [1.807, 2.05) is 16.7 Å². The highest BCUT2D eigenvalue weighted by Gasteiger charge is 2.20. The molecule has 0 fully saturated rings. The van der Waals surface area contributed by atoms with Gasteiger partial charge in [-0.3, -0.25) is 0 Å². The van der Waals surface area contributed by atoms with Crippen LogP contribution in [0.4, 0.5) is 0 Å². The van der Waals surface area contributed by atoms with Crippen LogP contribution in [0.5, 0.6) is 17.2 Å². The molecule has 108 valence electrons. The summed E-state index contributed by atoms with van der Waals surface area (Å²) >= 11 is 0. The zero-order chi connectivity index (χ0) is 14.5. The Labute approximate surface area is 118 Å². The van der Waals surface area contributed by atoms with Gasteiger partial charge in [-0.05, 0) is 18.6 Å². The predicted molar refractivity (Wildman–Crippen MR) is 75.4 cm³/mol. The first-order valence-electron chi connectivity index (χ1n) is 6.43. The second-order valence-electron chi connectivity index (χ2n) is 4.23. The van der Waals surface area contributed by atoms with Gasteiger partial charge in [0.1, 0.15) is 6.33 Å². The molecule has 0 saturated carbocycles. The molecule has 0 spiro atoms.